The van der Waals surface area contributed by atoms with Crippen molar-refractivity contribution in [2.24, 2.45) is 0 Å². The fourth-order valence-corrected chi connectivity index (χ4v) is 7.68. The Hall–Kier alpha value is -6.48. The van der Waals surface area contributed by atoms with E-state index in [1.165, 1.54) is 51.1 Å². The number of ether oxygens (including phenoxy) is 2. The third-order valence-corrected chi connectivity index (χ3v) is 11.1. The molecular weight excluding hydrogens is 912 g/mol. The van der Waals surface area contributed by atoms with Gasteiger partial charge in [0.25, 0.3) is 23.4 Å². The number of halogens is 5. The van der Waals surface area contributed by atoms with Crippen LogP contribution >= 0.6 is 58.0 Å². The number of hydrogen-bond donors (Lipinski definition) is 2. The Balaban J connectivity index is 0.000000189. The summed E-state index contributed by atoms with van der Waals surface area (Å²) >= 11 is 31.1. The SMILES string of the molecule is COc1ccc2c(c1)c(C(=O)C(=O)Nc1ccnc(Cl)c1)c(Cl)n2Cc1ccc(Cl)cc1.COc1ccc2c(c1)c(C(=O)C(=O)Nc1ccncn1)c(Cl)n2Cc1ccc(Cl)cc1. The Morgan fingerprint density at radius 2 is 1.06 bits per heavy atom. The van der Waals surface area contributed by atoms with Gasteiger partial charge < -0.3 is 29.2 Å². The number of amides is 2. The number of Topliss-reactive ketones (excluding diaryl/α,β-unsaturated/α-hetero) is 2. The van der Waals surface area contributed by atoms with Gasteiger partial charge in [0.05, 0.1) is 36.4 Å². The number of nitrogens with one attached hydrogen (secondary N) is 2. The average Bonchev–Trinajstić information content (AvgIpc) is 3.72. The van der Waals surface area contributed by atoms with Gasteiger partial charge in [0, 0.05) is 52.0 Å². The first-order valence-electron chi connectivity index (χ1n) is 18.6. The van der Waals surface area contributed by atoms with E-state index in [9.17, 15) is 19.2 Å². The van der Waals surface area contributed by atoms with Gasteiger partial charge in [-0.05, 0) is 90.0 Å². The highest BCUT2D eigenvalue weighted by atomic mass is 35.5. The van der Waals surface area contributed by atoms with Gasteiger partial charge in [-0.2, -0.15) is 0 Å². The van der Waals surface area contributed by atoms with Gasteiger partial charge in [-0.25, -0.2) is 15.0 Å². The summed E-state index contributed by atoms with van der Waals surface area (Å²) < 4.78 is 14.1. The summed E-state index contributed by atoms with van der Waals surface area (Å²) in [5, 5.41) is 7.77. The number of aromatic nitrogens is 5. The van der Waals surface area contributed by atoms with E-state index in [4.69, 9.17) is 67.5 Å². The van der Waals surface area contributed by atoms with Gasteiger partial charge in [0.2, 0.25) is 0 Å². The Morgan fingerprint density at radius 1 is 0.571 bits per heavy atom. The number of rotatable bonds is 12. The number of pyridine rings is 1. The van der Waals surface area contributed by atoms with Crippen molar-refractivity contribution in [3.63, 3.8) is 0 Å². The first-order valence-corrected chi connectivity index (χ1v) is 20.5. The van der Waals surface area contributed by atoms with Crippen molar-refractivity contribution in [3.8, 4) is 11.5 Å². The third kappa shape index (κ3) is 10.1. The van der Waals surface area contributed by atoms with E-state index >= 15 is 0 Å². The van der Waals surface area contributed by atoms with E-state index in [1.807, 2.05) is 24.3 Å². The molecule has 18 heteroatoms. The first kappa shape index (κ1) is 44.6. The topological polar surface area (TPSA) is 159 Å². The van der Waals surface area contributed by atoms with Gasteiger partial charge >= 0.3 is 0 Å². The predicted molar refractivity (Wildman–Crippen MR) is 245 cm³/mol. The fourth-order valence-electron chi connectivity index (χ4n) is 6.58. The standard InChI is InChI=1S/C23H16Cl3N3O3.C22H16Cl2N4O3/c1-32-16-6-7-18-17(11-16)20(21(30)23(31)28-15-8-9-27-19(25)10-15)22(26)29(18)12-13-2-4-14(24)5-3-13;1-31-15-6-7-17-16(10-15)19(20(29)22(30)27-18-8-9-25-12-26-18)21(24)28(17)11-13-2-4-14(23)5-3-13/h2-11H,12H2,1H3,(H,27,28,31);2-10,12H,11H2,1H3,(H,25,26,27,30). The van der Waals surface area contributed by atoms with Crippen LogP contribution in [0.3, 0.4) is 0 Å². The molecule has 13 nitrogen and oxygen atoms in total. The molecular formula is C45H32Cl5N7O6. The molecule has 0 aliphatic carbocycles. The van der Waals surface area contributed by atoms with E-state index in [-0.39, 0.29) is 32.4 Å². The van der Waals surface area contributed by atoms with Crippen molar-refractivity contribution in [1.29, 1.82) is 0 Å². The number of hydrogen-bond acceptors (Lipinski definition) is 9. The number of anilines is 2. The molecule has 0 saturated carbocycles. The zero-order valence-electron chi connectivity index (χ0n) is 33.0. The number of carbonyl (C=O) groups is 4. The Morgan fingerprint density at radius 3 is 1.51 bits per heavy atom. The molecule has 8 aromatic rings. The fraction of sp³-hybridized carbons (Fsp3) is 0.0889. The van der Waals surface area contributed by atoms with Crippen LogP contribution in [0.4, 0.5) is 11.5 Å². The van der Waals surface area contributed by atoms with Gasteiger partial charge in [-0.15, -0.1) is 0 Å². The monoisotopic (exact) mass is 941 g/mol. The highest BCUT2D eigenvalue weighted by Gasteiger charge is 2.29. The van der Waals surface area contributed by atoms with Crippen LogP contribution in [0.15, 0.2) is 122 Å². The zero-order chi connectivity index (χ0) is 44.8. The molecule has 0 radical (unpaired) electrons. The molecule has 2 N–H and O–H groups in total. The molecule has 0 unspecified atom stereocenters. The average molecular weight is 944 g/mol. The molecule has 4 heterocycles. The summed E-state index contributed by atoms with van der Waals surface area (Å²) in [6.07, 6.45) is 4.16. The molecule has 8 rings (SSSR count). The summed E-state index contributed by atoms with van der Waals surface area (Å²) in [6.45, 7) is 0.771. The van der Waals surface area contributed by atoms with Crippen LogP contribution in [0.1, 0.15) is 31.8 Å². The van der Waals surface area contributed by atoms with E-state index in [0.29, 0.717) is 62.1 Å². The van der Waals surface area contributed by atoms with Crippen LogP contribution in [-0.2, 0) is 22.7 Å². The molecule has 0 saturated heterocycles. The smallest absolute Gasteiger partial charge is 0.298 e. The number of benzene rings is 4. The minimum absolute atomic E-state index is 0.0900. The quantitative estimate of drug-likeness (QED) is 0.0690. The van der Waals surface area contributed by atoms with Crippen molar-refractivity contribution in [2.45, 2.75) is 13.1 Å². The molecule has 4 aromatic heterocycles. The molecule has 0 bridgehead atoms. The number of methoxy groups -OCH3 is 2. The zero-order valence-corrected chi connectivity index (χ0v) is 36.8. The van der Waals surface area contributed by atoms with Crippen molar-refractivity contribution >= 4 is 115 Å². The van der Waals surface area contributed by atoms with Crippen LogP contribution < -0.4 is 20.1 Å². The van der Waals surface area contributed by atoms with E-state index in [1.54, 1.807) is 69.8 Å². The minimum Gasteiger partial charge on any atom is -0.497 e. The second kappa shape index (κ2) is 19.7. The summed E-state index contributed by atoms with van der Waals surface area (Å²) in [5.41, 5.74) is 3.78. The van der Waals surface area contributed by atoms with Gasteiger partial charge in [0.1, 0.15) is 39.1 Å². The molecule has 0 spiro atoms. The van der Waals surface area contributed by atoms with Crippen LogP contribution in [0.2, 0.25) is 25.5 Å². The van der Waals surface area contributed by atoms with Crippen molar-refractivity contribution in [1.82, 2.24) is 24.1 Å². The number of ketones is 2. The molecule has 4 aromatic carbocycles. The van der Waals surface area contributed by atoms with Crippen LogP contribution in [0.25, 0.3) is 21.8 Å². The summed E-state index contributed by atoms with van der Waals surface area (Å²) in [7, 11) is 3.05. The lowest BCUT2D eigenvalue weighted by Crippen LogP contribution is -2.23. The molecule has 63 heavy (non-hydrogen) atoms. The van der Waals surface area contributed by atoms with Gasteiger partial charge in [0.15, 0.2) is 0 Å². The maximum Gasteiger partial charge on any atom is 0.298 e. The predicted octanol–water partition coefficient (Wildman–Crippen LogP) is 10.5. The summed E-state index contributed by atoms with van der Waals surface area (Å²) in [6, 6.07) is 29.6. The lowest BCUT2D eigenvalue weighted by atomic mass is 10.1. The van der Waals surface area contributed by atoms with Crippen molar-refractivity contribution < 1.29 is 28.7 Å². The largest absolute Gasteiger partial charge is 0.497 e. The van der Waals surface area contributed by atoms with Crippen LogP contribution in [0.5, 0.6) is 11.5 Å². The summed E-state index contributed by atoms with van der Waals surface area (Å²) in [5.74, 6) is -1.97. The van der Waals surface area contributed by atoms with Crippen molar-refractivity contribution in [3.05, 3.63) is 170 Å². The van der Waals surface area contributed by atoms with E-state index in [2.05, 4.69) is 25.6 Å². The lowest BCUT2D eigenvalue weighted by Gasteiger charge is -2.08. The molecule has 318 valence electrons. The highest BCUT2D eigenvalue weighted by molar-refractivity contribution is 6.52. The summed E-state index contributed by atoms with van der Waals surface area (Å²) in [4.78, 5) is 63.2. The number of carbonyl (C=O) groups excluding carboxylic acids is 4. The van der Waals surface area contributed by atoms with Crippen molar-refractivity contribution in [2.75, 3.05) is 24.9 Å². The Labute approximate surface area is 384 Å². The normalized spacial score (nSPS) is 10.8. The number of fused-ring (bicyclic) bond motifs is 2. The van der Waals surface area contributed by atoms with E-state index < -0.39 is 23.4 Å². The molecule has 0 aliphatic heterocycles. The van der Waals surface area contributed by atoms with Gasteiger partial charge in [-0.1, -0.05) is 82.3 Å². The second-order valence-electron chi connectivity index (χ2n) is 13.6. The first-order chi connectivity index (χ1) is 30.3. The van der Waals surface area contributed by atoms with Crippen LogP contribution in [0, 0.1) is 0 Å². The second-order valence-corrected chi connectivity index (χ2v) is 15.5. The van der Waals surface area contributed by atoms with Crippen LogP contribution in [-0.4, -0.2) is 61.7 Å². The molecule has 0 fully saturated rings. The third-order valence-electron chi connectivity index (χ3n) is 9.60. The Bertz CT molecular complexity index is 3010. The molecule has 0 aliphatic rings. The molecule has 2 amide bonds. The van der Waals surface area contributed by atoms with E-state index in [0.717, 1.165) is 11.1 Å². The lowest BCUT2D eigenvalue weighted by molar-refractivity contribution is -0.113. The minimum atomic E-state index is -0.853. The van der Waals surface area contributed by atoms with Gasteiger partial charge in [-0.3, -0.25) is 19.2 Å². The maximum atomic E-state index is 13.2. The maximum absolute atomic E-state index is 13.2. The highest BCUT2D eigenvalue weighted by Crippen LogP contribution is 2.36. The Kier molecular flexibility index (Phi) is 13.9. The number of nitrogens with zero attached hydrogens (tertiary/aromatic N) is 5. The molecule has 0 atom stereocenters.